The summed E-state index contributed by atoms with van der Waals surface area (Å²) in [6, 6.07) is 7.43. The van der Waals surface area contributed by atoms with Crippen molar-refractivity contribution >= 4 is 17.7 Å². The smallest absolute Gasteiger partial charge is 0.119 e. The van der Waals surface area contributed by atoms with Crippen LogP contribution in [0.3, 0.4) is 0 Å². The van der Waals surface area contributed by atoms with Crippen molar-refractivity contribution in [2.24, 2.45) is 5.14 Å². The summed E-state index contributed by atoms with van der Waals surface area (Å²) >= 11 is 1.15. The predicted octanol–water partition coefficient (Wildman–Crippen LogP) is 1.67. The number of ether oxygens (including phenoxy) is 1. The Morgan fingerprint density at radius 3 is 3.00 bits per heavy atom. The molecule has 0 fully saturated rings. The van der Waals surface area contributed by atoms with E-state index in [4.69, 9.17) is 15.3 Å². The molecule has 4 heteroatoms. The Morgan fingerprint density at radius 2 is 2.38 bits per heavy atom. The molecule has 0 bridgehead atoms. The molecule has 0 aliphatic heterocycles. The molecule has 0 amide bonds. The van der Waals surface area contributed by atoms with Gasteiger partial charge in [0, 0.05) is 5.71 Å². The number of methoxy groups -OCH3 is 1. The zero-order valence-corrected chi connectivity index (χ0v) is 8.23. The summed E-state index contributed by atoms with van der Waals surface area (Å²) in [4.78, 5) is 0. The maximum Gasteiger partial charge on any atom is 0.119 e. The van der Waals surface area contributed by atoms with E-state index in [0.29, 0.717) is 11.5 Å². The van der Waals surface area contributed by atoms with E-state index in [1.165, 1.54) is 0 Å². The highest BCUT2D eigenvalue weighted by Gasteiger charge is 2.01. The van der Waals surface area contributed by atoms with Gasteiger partial charge < -0.3 is 10.1 Å². The first kappa shape index (κ1) is 10.1. The van der Waals surface area contributed by atoms with E-state index in [1.54, 1.807) is 7.11 Å². The van der Waals surface area contributed by atoms with E-state index in [9.17, 15) is 0 Å². The summed E-state index contributed by atoms with van der Waals surface area (Å²) in [6.45, 7) is 0. The molecular weight excluding hydrogens is 184 g/mol. The molecule has 0 saturated carbocycles. The van der Waals surface area contributed by atoms with Gasteiger partial charge in [-0.1, -0.05) is 24.1 Å². The van der Waals surface area contributed by atoms with Crippen LogP contribution in [-0.2, 0) is 0 Å². The molecule has 0 atom stereocenters. The highest BCUT2D eigenvalue weighted by atomic mass is 32.2. The molecule has 0 saturated heterocycles. The second kappa shape index (κ2) is 4.89. The zero-order valence-electron chi connectivity index (χ0n) is 7.41. The molecule has 0 spiro atoms. The monoisotopic (exact) mass is 196 g/mol. The van der Waals surface area contributed by atoms with E-state index in [1.807, 2.05) is 24.3 Å². The minimum Gasteiger partial charge on any atom is -0.497 e. The lowest BCUT2D eigenvalue weighted by Crippen LogP contribution is -2.04. The SMILES string of the molecule is COc1cccc(C(=N)CSN)c1. The first-order valence-corrected chi connectivity index (χ1v) is 4.86. The summed E-state index contributed by atoms with van der Waals surface area (Å²) in [5.41, 5.74) is 1.38. The van der Waals surface area contributed by atoms with Crippen LogP contribution in [0.25, 0.3) is 0 Å². The van der Waals surface area contributed by atoms with Crippen LogP contribution in [0.1, 0.15) is 5.56 Å². The van der Waals surface area contributed by atoms with Crippen LogP contribution in [0.5, 0.6) is 5.75 Å². The van der Waals surface area contributed by atoms with Crippen LogP contribution < -0.4 is 9.88 Å². The van der Waals surface area contributed by atoms with Crippen LogP contribution in [0.4, 0.5) is 0 Å². The third kappa shape index (κ3) is 2.75. The lowest BCUT2D eigenvalue weighted by atomic mass is 10.1. The van der Waals surface area contributed by atoms with Crippen molar-refractivity contribution in [3.05, 3.63) is 29.8 Å². The Bertz CT molecular complexity index is 301. The average molecular weight is 196 g/mol. The molecule has 0 aliphatic rings. The van der Waals surface area contributed by atoms with E-state index < -0.39 is 0 Å². The third-order valence-electron chi connectivity index (χ3n) is 1.65. The fourth-order valence-electron chi connectivity index (χ4n) is 0.977. The minimum absolute atomic E-state index is 0.520. The van der Waals surface area contributed by atoms with Crippen LogP contribution in [0.15, 0.2) is 24.3 Å². The van der Waals surface area contributed by atoms with Gasteiger partial charge in [0.1, 0.15) is 5.75 Å². The van der Waals surface area contributed by atoms with Gasteiger partial charge in [-0.3, -0.25) is 5.14 Å². The lowest BCUT2D eigenvalue weighted by molar-refractivity contribution is 0.414. The van der Waals surface area contributed by atoms with Gasteiger partial charge in [-0.05, 0) is 17.7 Å². The van der Waals surface area contributed by atoms with Gasteiger partial charge in [0.15, 0.2) is 0 Å². The Balaban J connectivity index is 2.82. The number of hydrogen-bond acceptors (Lipinski definition) is 4. The third-order valence-corrected chi connectivity index (χ3v) is 2.10. The highest BCUT2D eigenvalue weighted by Crippen LogP contribution is 2.13. The molecule has 0 unspecified atom stereocenters. The van der Waals surface area contributed by atoms with E-state index in [-0.39, 0.29) is 0 Å². The molecule has 3 N–H and O–H groups in total. The largest absolute Gasteiger partial charge is 0.497 e. The summed E-state index contributed by atoms with van der Waals surface area (Å²) < 4.78 is 5.05. The van der Waals surface area contributed by atoms with Gasteiger partial charge in [-0.15, -0.1) is 0 Å². The quantitative estimate of drug-likeness (QED) is 0.569. The van der Waals surface area contributed by atoms with Gasteiger partial charge in [0.25, 0.3) is 0 Å². The Labute approximate surface area is 81.9 Å². The topological polar surface area (TPSA) is 59.1 Å². The average Bonchev–Trinajstić information content (AvgIpc) is 2.18. The molecular formula is C9H12N2OS. The van der Waals surface area contributed by atoms with Crippen molar-refractivity contribution in [1.82, 2.24) is 0 Å². The molecule has 0 radical (unpaired) electrons. The zero-order chi connectivity index (χ0) is 9.68. The van der Waals surface area contributed by atoms with Crippen molar-refractivity contribution in [1.29, 1.82) is 5.41 Å². The lowest BCUT2D eigenvalue weighted by Gasteiger charge is -2.04. The van der Waals surface area contributed by atoms with Crippen LogP contribution in [-0.4, -0.2) is 18.6 Å². The van der Waals surface area contributed by atoms with Crippen LogP contribution >= 0.6 is 11.9 Å². The molecule has 0 aromatic heterocycles. The molecule has 1 rings (SSSR count). The second-order valence-corrected chi connectivity index (χ2v) is 3.14. The van der Waals surface area contributed by atoms with Crippen LogP contribution in [0.2, 0.25) is 0 Å². The van der Waals surface area contributed by atoms with Gasteiger partial charge in [0.05, 0.1) is 12.9 Å². The maximum absolute atomic E-state index is 7.65. The van der Waals surface area contributed by atoms with Gasteiger partial charge in [0.2, 0.25) is 0 Å². The summed E-state index contributed by atoms with van der Waals surface area (Å²) in [7, 11) is 1.61. The normalized spacial score (nSPS) is 9.69. The summed E-state index contributed by atoms with van der Waals surface area (Å²) in [6.07, 6.45) is 0. The Hall–Kier alpha value is -1.00. The van der Waals surface area contributed by atoms with Crippen molar-refractivity contribution in [2.75, 3.05) is 12.9 Å². The van der Waals surface area contributed by atoms with E-state index in [2.05, 4.69) is 0 Å². The second-order valence-electron chi connectivity index (χ2n) is 2.52. The van der Waals surface area contributed by atoms with Crippen molar-refractivity contribution in [2.45, 2.75) is 0 Å². The fraction of sp³-hybridized carbons (Fsp3) is 0.222. The standard InChI is InChI=1S/C9H12N2OS/c1-12-8-4-2-3-7(5-8)9(10)6-13-11/h2-5,10H,6,11H2,1H3. The predicted molar refractivity (Wildman–Crippen MR) is 56.5 cm³/mol. The van der Waals surface area contributed by atoms with Gasteiger partial charge >= 0.3 is 0 Å². The van der Waals surface area contributed by atoms with Crippen LogP contribution in [0, 0.1) is 5.41 Å². The molecule has 1 aromatic carbocycles. The Kier molecular flexibility index (Phi) is 3.79. The molecule has 13 heavy (non-hydrogen) atoms. The number of hydrogen-bond donors (Lipinski definition) is 2. The molecule has 0 heterocycles. The first-order chi connectivity index (χ1) is 6.27. The minimum atomic E-state index is 0.520. The molecule has 1 aromatic rings. The number of nitrogens with one attached hydrogen (secondary N) is 1. The van der Waals surface area contributed by atoms with Crippen molar-refractivity contribution in [3.63, 3.8) is 0 Å². The summed E-state index contributed by atoms with van der Waals surface area (Å²) in [5, 5.41) is 12.9. The van der Waals surface area contributed by atoms with Gasteiger partial charge in [-0.25, -0.2) is 0 Å². The van der Waals surface area contributed by atoms with Gasteiger partial charge in [-0.2, -0.15) is 0 Å². The summed E-state index contributed by atoms with van der Waals surface area (Å²) in [5.74, 6) is 1.29. The maximum atomic E-state index is 7.65. The number of nitrogens with two attached hydrogens (primary N) is 1. The number of rotatable bonds is 4. The van der Waals surface area contributed by atoms with E-state index >= 15 is 0 Å². The highest BCUT2D eigenvalue weighted by molar-refractivity contribution is 7.97. The van der Waals surface area contributed by atoms with Crippen molar-refractivity contribution < 1.29 is 4.74 Å². The molecule has 70 valence electrons. The fourth-order valence-corrected chi connectivity index (χ4v) is 1.31. The molecule has 0 aliphatic carbocycles. The Morgan fingerprint density at radius 1 is 1.62 bits per heavy atom. The first-order valence-electron chi connectivity index (χ1n) is 3.81. The van der Waals surface area contributed by atoms with E-state index in [0.717, 1.165) is 23.3 Å². The number of benzene rings is 1. The molecule has 3 nitrogen and oxygen atoms in total. The van der Waals surface area contributed by atoms with Crippen molar-refractivity contribution in [3.8, 4) is 5.75 Å².